The van der Waals surface area contributed by atoms with Crippen molar-refractivity contribution in [2.45, 2.75) is 17.3 Å². The SMILES string of the molecule is C[C@@H](Sc1nc2ccccc2[nH]1)c1nc2scc(-c3cccs3)c2c(=O)[nH]1. The number of hydrogen-bond acceptors (Lipinski definition) is 6. The molecule has 0 radical (unpaired) electrons. The zero-order valence-electron chi connectivity index (χ0n) is 14.2. The highest BCUT2D eigenvalue weighted by Crippen LogP contribution is 2.36. The molecule has 5 rings (SSSR count). The summed E-state index contributed by atoms with van der Waals surface area (Å²) >= 11 is 4.69. The fraction of sp³-hybridized carbons (Fsp3) is 0.105. The Labute approximate surface area is 166 Å². The Balaban J connectivity index is 1.50. The first-order chi connectivity index (χ1) is 13.2. The van der Waals surface area contributed by atoms with Crippen LogP contribution in [0.5, 0.6) is 0 Å². The van der Waals surface area contributed by atoms with Gasteiger partial charge in [-0.15, -0.1) is 22.7 Å². The second-order valence-corrected chi connectivity index (χ2v) is 9.21. The van der Waals surface area contributed by atoms with Gasteiger partial charge < -0.3 is 9.97 Å². The van der Waals surface area contributed by atoms with Crippen LogP contribution in [0, 0.1) is 0 Å². The van der Waals surface area contributed by atoms with Gasteiger partial charge >= 0.3 is 0 Å². The zero-order chi connectivity index (χ0) is 18.4. The third-order valence-electron chi connectivity index (χ3n) is 4.29. The van der Waals surface area contributed by atoms with Gasteiger partial charge in [0.1, 0.15) is 10.7 Å². The van der Waals surface area contributed by atoms with Gasteiger partial charge in [0.05, 0.1) is 21.7 Å². The molecule has 8 heteroatoms. The smallest absolute Gasteiger partial charge is 0.260 e. The van der Waals surface area contributed by atoms with Gasteiger partial charge in [-0.3, -0.25) is 4.79 Å². The predicted octanol–water partition coefficient (Wildman–Crippen LogP) is 5.44. The van der Waals surface area contributed by atoms with Crippen LogP contribution in [0.15, 0.2) is 57.1 Å². The lowest BCUT2D eigenvalue weighted by molar-refractivity contribution is 0.917. The molecule has 4 aromatic heterocycles. The Morgan fingerprint density at radius 3 is 2.78 bits per heavy atom. The molecule has 5 nitrogen and oxygen atoms in total. The number of fused-ring (bicyclic) bond motifs is 2. The van der Waals surface area contributed by atoms with Crippen LogP contribution in [0.25, 0.3) is 31.7 Å². The average Bonchev–Trinajstić information content (AvgIpc) is 3.39. The normalized spacial score (nSPS) is 12.8. The van der Waals surface area contributed by atoms with E-state index in [1.807, 2.05) is 54.1 Å². The minimum Gasteiger partial charge on any atom is -0.333 e. The van der Waals surface area contributed by atoms with E-state index in [2.05, 4.69) is 15.0 Å². The molecule has 134 valence electrons. The Hall–Kier alpha value is -2.42. The van der Waals surface area contributed by atoms with Gasteiger partial charge in [0.2, 0.25) is 0 Å². The third kappa shape index (κ3) is 2.99. The summed E-state index contributed by atoms with van der Waals surface area (Å²) in [5, 5.41) is 5.49. The molecule has 0 fully saturated rings. The number of H-pyrrole nitrogens is 2. The number of nitrogens with zero attached hydrogens (tertiary/aromatic N) is 2. The molecule has 27 heavy (non-hydrogen) atoms. The summed E-state index contributed by atoms with van der Waals surface area (Å²) in [6.45, 7) is 2.02. The summed E-state index contributed by atoms with van der Waals surface area (Å²) in [6, 6.07) is 11.9. The highest BCUT2D eigenvalue weighted by molar-refractivity contribution is 7.99. The van der Waals surface area contributed by atoms with Crippen molar-refractivity contribution in [2.24, 2.45) is 0 Å². The lowest BCUT2D eigenvalue weighted by Crippen LogP contribution is -2.12. The van der Waals surface area contributed by atoms with Gasteiger partial charge in [-0.25, -0.2) is 9.97 Å². The third-order valence-corrected chi connectivity index (χ3v) is 7.06. The van der Waals surface area contributed by atoms with Crippen molar-refractivity contribution in [3.05, 3.63) is 63.3 Å². The molecule has 0 saturated heterocycles. The van der Waals surface area contributed by atoms with Gasteiger partial charge in [-0.1, -0.05) is 30.0 Å². The Kier molecular flexibility index (Phi) is 4.11. The van der Waals surface area contributed by atoms with E-state index >= 15 is 0 Å². The van der Waals surface area contributed by atoms with Gasteiger partial charge in [0, 0.05) is 15.8 Å². The van der Waals surface area contributed by atoms with Crippen LogP contribution in [0.1, 0.15) is 18.0 Å². The van der Waals surface area contributed by atoms with E-state index in [9.17, 15) is 4.79 Å². The fourth-order valence-electron chi connectivity index (χ4n) is 2.98. The number of aromatic nitrogens is 4. The maximum absolute atomic E-state index is 12.8. The predicted molar refractivity (Wildman–Crippen MR) is 114 cm³/mol. The summed E-state index contributed by atoms with van der Waals surface area (Å²) in [4.78, 5) is 30.2. The molecule has 0 spiro atoms. The number of rotatable bonds is 4. The average molecular weight is 411 g/mol. The maximum atomic E-state index is 12.8. The first-order valence-electron chi connectivity index (χ1n) is 8.36. The number of thioether (sulfide) groups is 1. The van der Waals surface area contributed by atoms with E-state index in [1.165, 1.54) is 11.3 Å². The molecule has 1 aromatic carbocycles. The molecule has 0 aliphatic heterocycles. The van der Waals surface area contributed by atoms with E-state index in [0.717, 1.165) is 31.5 Å². The molecular formula is C19H14N4OS3. The second-order valence-electron chi connectivity index (χ2n) is 6.08. The van der Waals surface area contributed by atoms with E-state index in [0.29, 0.717) is 11.2 Å². The topological polar surface area (TPSA) is 74.4 Å². The molecular weight excluding hydrogens is 396 g/mol. The summed E-state index contributed by atoms with van der Waals surface area (Å²) in [6.07, 6.45) is 0. The number of hydrogen-bond donors (Lipinski definition) is 2. The fourth-order valence-corrected chi connectivity index (χ4v) is 5.63. The van der Waals surface area contributed by atoms with Crippen molar-refractivity contribution in [3.8, 4) is 10.4 Å². The zero-order valence-corrected chi connectivity index (χ0v) is 16.7. The van der Waals surface area contributed by atoms with E-state index in [-0.39, 0.29) is 10.8 Å². The Morgan fingerprint density at radius 2 is 1.96 bits per heavy atom. The van der Waals surface area contributed by atoms with Crippen LogP contribution in [0.4, 0.5) is 0 Å². The number of para-hydroxylation sites is 2. The Morgan fingerprint density at radius 1 is 1.07 bits per heavy atom. The molecule has 1 atom stereocenters. The lowest BCUT2D eigenvalue weighted by Gasteiger charge is -2.08. The van der Waals surface area contributed by atoms with Crippen molar-refractivity contribution >= 4 is 55.7 Å². The van der Waals surface area contributed by atoms with Gasteiger partial charge in [-0.2, -0.15) is 0 Å². The minimum atomic E-state index is -0.0864. The van der Waals surface area contributed by atoms with Gasteiger partial charge in [0.15, 0.2) is 5.16 Å². The maximum Gasteiger partial charge on any atom is 0.260 e. The molecule has 2 N–H and O–H groups in total. The molecule has 4 heterocycles. The van der Waals surface area contributed by atoms with E-state index < -0.39 is 0 Å². The van der Waals surface area contributed by atoms with Crippen LogP contribution < -0.4 is 5.56 Å². The molecule has 0 aliphatic rings. The monoisotopic (exact) mass is 410 g/mol. The first-order valence-corrected chi connectivity index (χ1v) is 11.0. The van der Waals surface area contributed by atoms with Crippen molar-refractivity contribution in [3.63, 3.8) is 0 Å². The highest BCUT2D eigenvalue weighted by Gasteiger charge is 2.18. The number of aromatic amines is 2. The van der Waals surface area contributed by atoms with E-state index in [1.54, 1.807) is 23.1 Å². The van der Waals surface area contributed by atoms with Gasteiger partial charge in [-0.05, 0) is 30.5 Å². The quantitative estimate of drug-likeness (QED) is 0.387. The van der Waals surface area contributed by atoms with Crippen molar-refractivity contribution in [1.82, 2.24) is 19.9 Å². The number of imidazole rings is 1. The summed E-state index contributed by atoms with van der Waals surface area (Å²) < 4.78 is 0. The van der Waals surface area contributed by atoms with Gasteiger partial charge in [0.25, 0.3) is 5.56 Å². The van der Waals surface area contributed by atoms with E-state index in [4.69, 9.17) is 4.98 Å². The second kappa shape index (κ2) is 6.63. The van der Waals surface area contributed by atoms with Crippen molar-refractivity contribution < 1.29 is 0 Å². The van der Waals surface area contributed by atoms with Crippen molar-refractivity contribution in [2.75, 3.05) is 0 Å². The molecule has 0 saturated carbocycles. The summed E-state index contributed by atoms with van der Waals surface area (Å²) in [7, 11) is 0. The first kappa shape index (κ1) is 16.7. The van der Waals surface area contributed by atoms with Crippen LogP contribution in [-0.4, -0.2) is 19.9 Å². The Bertz CT molecular complexity index is 1270. The number of nitrogens with one attached hydrogen (secondary N) is 2. The number of benzene rings is 1. The highest BCUT2D eigenvalue weighted by atomic mass is 32.2. The lowest BCUT2D eigenvalue weighted by atomic mass is 10.2. The largest absolute Gasteiger partial charge is 0.333 e. The molecule has 5 aromatic rings. The van der Waals surface area contributed by atoms with Crippen LogP contribution in [-0.2, 0) is 0 Å². The number of thiophene rings is 2. The summed E-state index contributed by atoms with van der Waals surface area (Å²) in [5.41, 5.74) is 2.81. The molecule has 0 aliphatic carbocycles. The molecule has 0 unspecified atom stereocenters. The molecule has 0 amide bonds. The van der Waals surface area contributed by atoms with Crippen LogP contribution in [0.2, 0.25) is 0 Å². The molecule has 0 bridgehead atoms. The van der Waals surface area contributed by atoms with Crippen molar-refractivity contribution in [1.29, 1.82) is 0 Å². The minimum absolute atomic E-state index is 0.0325. The standard InChI is InChI=1S/C19H14N4OS3/c1-10(27-19-20-12-5-2-3-6-13(12)21-19)16-22-17(24)15-11(9-26-18(15)23-16)14-7-4-8-25-14/h2-10H,1H3,(H,20,21)(H,22,23,24)/t10-/m1/s1. The summed E-state index contributed by atoms with van der Waals surface area (Å²) in [5.74, 6) is 0.664. The van der Waals surface area contributed by atoms with Crippen LogP contribution in [0.3, 0.4) is 0 Å². The van der Waals surface area contributed by atoms with Crippen LogP contribution >= 0.6 is 34.4 Å².